The van der Waals surface area contributed by atoms with E-state index in [0.29, 0.717) is 25.9 Å². The molecule has 28 heavy (non-hydrogen) atoms. The number of benzene rings is 1. The molecule has 8 nitrogen and oxygen atoms in total. The summed E-state index contributed by atoms with van der Waals surface area (Å²) in [7, 11) is 1.47. The highest BCUT2D eigenvalue weighted by molar-refractivity contribution is 5.87. The summed E-state index contributed by atoms with van der Waals surface area (Å²) >= 11 is 0. The number of hydroxylamine groups is 1. The number of rotatable bonds is 4. The number of likely N-dealkylation sites (tertiary alicyclic amines) is 1. The predicted octanol–water partition coefficient (Wildman–Crippen LogP) is 1.90. The molecule has 0 radical (unpaired) electrons. The molecule has 2 fully saturated rings. The maximum absolute atomic E-state index is 13.2. The predicted molar refractivity (Wildman–Crippen MR) is 101 cm³/mol. The Labute approximate surface area is 164 Å². The second kappa shape index (κ2) is 8.60. The third-order valence-corrected chi connectivity index (χ3v) is 6.21. The second-order valence-corrected chi connectivity index (χ2v) is 7.73. The van der Waals surface area contributed by atoms with Gasteiger partial charge in [-0.1, -0.05) is 30.3 Å². The van der Waals surface area contributed by atoms with Crippen LogP contribution in [0.15, 0.2) is 30.3 Å². The summed E-state index contributed by atoms with van der Waals surface area (Å²) in [5.74, 6) is -1.71. The van der Waals surface area contributed by atoms with Crippen LogP contribution in [0.25, 0.3) is 0 Å². The van der Waals surface area contributed by atoms with Crippen LogP contribution in [-0.2, 0) is 9.59 Å². The van der Waals surface area contributed by atoms with E-state index < -0.39 is 23.8 Å². The molecule has 1 aliphatic heterocycles. The molecule has 1 aromatic rings. The first kappa shape index (κ1) is 20.1. The second-order valence-electron chi connectivity index (χ2n) is 7.73. The zero-order valence-electron chi connectivity index (χ0n) is 16.0. The van der Waals surface area contributed by atoms with Crippen molar-refractivity contribution in [3.63, 3.8) is 0 Å². The SMILES string of the molecule is CN(C(=O)O)[C@H]1CC[C@H](C(=O)N2CC[C@H](c3ccccc3)C2)[C@@H](C(=O)NO)C1. The van der Waals surface area contributed by atoms with E-state index in [9.17, 15) is 19.5 Å². The van der Waals surface area contributed by atoms with Crippen LogP contribution in [-0.4, -0.2) is 64.2 Å². The lowest BCUT2D eigenvalue weighted by molar-refractivity contribution is -0.147. The normalized spacial score (nSPS) is 27.3. The maximum atomic E-state index is 13.2. The van der Waals surface area contributed by atoms with Crippen LogP contribution in [0.4, 0.5) is 4.79 Å². The van der Waals surface area contributed by atoms with Crippen molar-refractivity contribution < 1.29 is 24.7 Å². The highest BCUT2D eigenvalue weighted by atomic mass is 16.5. The number of carbonyl (C=O) groups is 3. The average Bonchev–Trinajstić information content (AvgIpc) is 3.22. The number of carboxylic acid groups (broad SMARTS) is 1. The summed E-state index contributed by atoms with van der Waals surface area (Å²) in [4.78, 5) is 39.6. The maximum Gasteiger partial charge on any atom is 0.407 e. The van der Waals surface area contributed by atoms with Crippen LogP contribution in [0.1, 0.15) is 37.2 Å². The van der Waals surface area contributed by atoms with Crippen molar-refractivity contribution in [2.75, 3.05) is 20.1 Å². The van der Waals surface area contributed by atoms with E-state index in [-0.39, 0.29) is 24.3 Å². The van der Waals surface area contributed by atoms with Gasteiger partial charge in [0.2, 0.25) is 11.8 Å². The fourth-order valence-corrected chi connectivity index (χ4v) is 4.52. The Hall–Kier alpha value is -2.61. The standard InChI is InChI=1S/C20H27N3O5/c1-22(20(26)27)15-7-8-16(17(11-15)18(24)21-28)19(25)23-10-9-14(12-23)13-5-3-2-4-6-13/h2-6,14-17,28H,7-12H2,1H3,(H,21,24)(H,26,27)/t14-,15-,16-,17-/m0/s1. The van der Waals surface area contributed by atoms with Gasteiger partial charge in [0.05, 0.1) is 5.92 Å². The average molecular weight is 389 g/mol. The third kappa shape index (κ3) is 4.11. The van der Waals surface area contributed by atoms with Crippen molar-refractivity contribution in [1.29, 1.82) is 0 Å². The summed E-state index contributed by atoms with van der Waals surface area (Å²) in [5.41, 5.74) is 2.86. The monoisotopic (exact) mass is 389 g/mol. The first-order chi connectivity index (χ1) is 13.4. The van der Waals surface area contributed by atoms with Crippen molar-refractivity contribution in [3.05, 3.63) is 35.9 Å². The van der Waals surface area contributed by atoms with Crippen molar-refractivity contribution in [1.82, 2.24) is 15.3 Å². The minimum atomic E-state index is -1.07. The minimum Gasteiger partial charge on any atom is -0.465 e. The summed E-state index contributed by atoms with van der Waals surface area (Å²) < 4.78 is 0. The molecule has 0 spiro atoms. The Morgan fingerprint density at radius 3 is 2.46 bits per heavy atom. The molecule has 1 saturated heterocycles. The largest absolute Gasteiger partial charge is 0.465 e. The molecule has 1 saturated carbocycles. The van der Waals surface area contributed by atoms with E-state index in [1.54, 1.807) is 10.4 Å². The minimum absolute atomic E-state index is 0.0801. The molecule has 1 heterocycles. The van der Waals surface area contributed by atoms with E-state index in [4.69, 9.17) is 5.21 Å². The number of nitrogens with zero attached hydrogens (tertiary/aromatic N) is 2. The van der Waals surface area contributed by atoms with Crippen molar-refractivity contribution in [2.24, 2.45) is 11.8 Å². The Balaban J connectivity index is 1.69. The lowest BCUT2D eigenvalue weighted by Crippen LogP contribution is -2.50. The first-order valence-corrected chi connectivity index (χ1v) is 9.65. The molecular formula is C20H27N3O5. The lowest BCUT2D eigenvalue weighted by Gasteiger charge is -2.38. The van der Waals surface area contributed by atoms with Gasteiger partial charge < -0.3 is 14.9 Å². The van der Waals surface area contributed by atoms with Crippen LogP contribution in [0.3, 0.4) is 0 Å². The van der Waals surface area contributed by atoms with Crippen LogP contribution in [0, 0.1) is 11.8 Å². The van der Waals surface area contributed by atoms with E-state index in [2.05, 4.69) is 12.1 Å². The van der Waals surface area contributed by atoms with Gasteiger partial charge in [0.15, 0.2) is 0 Å². The van der Waals surface area contributed by atoms with Gasteiger partial charge in [-0.2, -0.15) is 0 Å². The Morgan fingerprint density at radius 1 is 1.11 bits per heavy atom. The van der Waals surface area contributed by atoms with Gasteiger partial charge >= 0.3 is 6.09 Å². The molecule has 0 bridgehead atoms. The van der Waals surface area contributed by atoms with E-state index in [0.717, 1.165) is 6.42 Å². The first-order valence-electron chi connectivity index (χ1n) is 9.65. The van der Waals surface area contributed by atoms with Crippen LogP contribution in [0.5, 0.6) is 0 Å². The number of hydrogen-bond acceptors (Lipinski definition) is 4. The van der Waals surface area contributed by atoms with Crippen LogP contribution >= 0.6 is 0 Å². The zero-order chi connectivity index (χ0) is 20.3. The Bertz CT molecular complexity index is 726. The molecule has 3 N–H and O–H groups in total. The van der Waals surface area contributed by atoms with E-state index in [1.165, 1.54) is 17.5 Å². The summed E-state index contributed by atoms with van der Waals surface area (Å²) in [6, 6.07) is 9.72. The summed E-state index contributed by atoms with van der Waals surface area (Å²) in [6.45, 7) is 1.26. The van der Waals surface area contributed by atoms with Gasteiger partial charge in [-0.15, -0.1) is 0 Å². The van der Waals surface area contributed by atoms with Gasteiger partial charge in [0.1, 0.15) is 0 Å². The Kier molecular flexibility index (Phi) is 6.18. The molecule has 3 amide bonds. The van der Waals surface area contributed by atoms with Crippen molar-refractivity contribution >= 4 is 17.9 Å². The lowest BCUT2D eigenvalue weighted by atomic mass is 9.75. The molecule has 0 aromatic heterocycles. The van der Waals surface area contributed by atoms with E-state index >= 15 is 0 Å². The fourth-order valence-electron chi connectivity index (χ4n) is 4.52. The molecule has 0 unspecified atom stereocenters. The summed E-state index contributed by atoms with van der Waals surface area (Å²) in [5, 5.41) is 18.3. The molecule has 3 rings (SSSR count). The van der Waals surface area contributed by atoms with Gasteiger partial charge in [-0.05, 0) is 31.2 Å². The molecular weight excluding hydrogens is 362 g/mol. The van der Waals surface area contributed by atoms with Crippen molar-refractivity contribution in [2.45, 2.75) is 37.6 Å². The molecule has 8 heteroatoms. The molecule has 152 valence electrons. The fraction of sp³-hybridized carbons (Fsp3) is 0.550. The highest BCUT2D eigenvalue weighted by Gasteiger charge is 2.43. The summed E-state index contributed by atoms with van der Waals surface area (Å²) in [6.07, 6.45) is 0.977. The quantitative estimate of drug-likeness (QED) is 0.538. The number of nitrogens with one attached hydrogen (secondary N) is 1. The number of carbonyl (C=O) groups excluding carboxylic acids is 2. The molecule has 2 aliphatic rings. The zero-order valence-corrected chi connectivity index (χ0v) is 16.0. The smallest absolute Gasteiger partial charge is 0.407 e. The van der Waals surface area contributed by atoms with Crippen LogP contribution < -0.4 is 5.48 Å². The van der Waals surface area contributed by atoms with Crippen LogP contribution in [0.2, 0.25) is 0 Å². The molecule has 4 atom stereocenters. The molecule has 1 aliphatic carbocycles. The third-order valence-electron chi connectivity index (χ3n) is 6.21. The van der Waals surface area contributed by atoms with Crippen molar-refractivity contribution in [3.8, 4) is 0 Å². The highest BCUT2D eigenvalue weighted by Crippen LogP contribution is 2.36. The van der Waals surface area contributed by atoms with Gasteiger partial charge in [-0.3, -0.25) is 14.8 Å². The molecule has 1 aromatic carbocycles. The topological polar surface area (TPSA) is 110 Å². The number of amides is 3. The van der Waals surface area contributed by atoms with Gasteiger partial charge in [0, 0.05) is 38.0 Å². The van der Waals surface area contributed by atoms with Gasteiger partial charge in [-0.25, -0.2) is 10.3 Å². The Morgan fingerprint density at radius 2 is 1.82 bits per heavy atom. The van der Waals surface area contributed by atoms with E-state index in [1.807, 2.05) is 18.2 Å². The number of hydrogen-bond donors (Lipinski definition) is 3. The van der Waals surface area contributed by atoms with Gasteiger partial charge in [0.25, 0.3) is 0 Å².